The first kappa shape index (κ1) is 15.5. The molecule has 1 aromatic heterocycles. The Kier molecular flexibility index (Phi) is 4.59. The average molecular weight is 370 g/mol. The van der Waals surface area contributed by atoms with Crippen LogP contribution in [-0.4, -0.2) is 22.0 Å². The standard InChI is InChI=1S/C13H12BrN3O3S/c1-6(12-17-10(5-21-12)13(19)20)16-11(18)7-2-8(14)4-9(15)3-7/h2-6H,15H2,1H3,(H,16,18)(H,19,20). The summed E-state index contributed by atoms with van der Waals surface area (Å²) in [5, 5.41) is 13.6. The summed E-state index contributed by atoms with van der Waals surface area (Å²) in [6, 6.07) is 4.52. The van der Waals surface area contributed by atoms with E-state index in [4.69, 9.17) is 10.8 Å². The van der Waals surface area contributed by atoms with Gasteiger partial charge in [-0.2, -0.15) is 0 Å². The summed E-state index contributed by atoms with van der Waals surface area (Å²) in [6.45, 7) is 1.74. The van der Waals surface area contributed by atoms with Gasteiger partial charge < -0.3 is 16.2 Å². The smallest absolute Gasteiger partial charge is 0.355 e. The Bertz CT molecular complexity index is 681. The molecule has 2 rings (SSSR count). The first-order valence-electron chi connectivity index (χ1n) is 5.92. The van der Waals surface area contributed by atoms with Gasteiger partial charge in [0.1, 0.15) is 5.01 Å². The van der Waals surface area contributed by atoms with Gasteiger partial charge in [0.05, 0.1) is 6.04 Å². The number of hydrogen-bond donors (Lipinski definition) is 3. The maximum Gasteiger partial charge on any atom is 0.355 e. The van der Waals surface area contributed by atoms with E-state index >= 15 is 0 Å². The molecule has 0 aliphatic rings. The van der Waals surface area contributed by atoms with Crippen LogP contribution >= 0.6 is 27.3 Å². The number of nitrogen functional groups attached to an aromatic ring is 1. The highest BCUT2D eigenvalue weighted by Crippen LogP contribution is 2.20. The zero-order valence-electron chi connectivity index (χ0n) is 11.0. The van der Waals surface area contributed by atoms with Crippen molar-refractivity contribution in [1.29, 1.82) is 0 Å². The molecule has 0 aliphatic carbocycles. The van der Waals surface area contributed by atoms with Gasteiger partial charge in [-0.3, -0.25) is 4.79 Å². The Hall–Kier alpha value is -1.93. The molecule has 0 aliphatic heterocycles. The van der Waals surface area contributed by atoms with Crippen molar-refractivity contribution in [3.8, 4) is 0 Å². The Morgan fingerprint density at radius 1 is 1.43 bits per heavy atom. The van der Waals surface area contributed by atoms with Crippen molar-refractivity contribution in [3.05, 3.63) is 44.3 Å². The highest BCUT2D eigenvalue weighted by Gasteiger charge is 2.17. The third kappa shape index (κ3) is 3.79. The molecular formula is C13H12BrN3O3S. The molecule has 8 heteroatoms. The second kappa shape index (κ2) is 6.23. The number of nitrogens with zero attached hydrogens (tertiary/aromatic N) is 1. The SMILES string of the molecule is CC(NC(=O)c1cc(N)cc(Br)c1)c1nc(C(=O)O)cs1. The van der Waals surface area contributed by atoms with Gasteiger partial charge in [0.25, 0.3) is 5.91 Å². The fraction of sp³-hybridized carbons (Fsp3) is 0.154. The maximum atomic E-state index is 12.1. The number of carboxylic acid groups (broad SMARTS) is 1. The number of anilines is 1. The summed E-state index contributed by atoms with van der Waals surface area (Å²) in [5.41, 5.74) is 6.56. The van der Waals surface area contributed by atoms with Crippen LogP contribution in [0.1, 0.15) is 38.8 Å². The van der Waals surface area contributed by atoms with E-state index in [2.05, 4.69) is 26.2 Å². The van der Waals surface area contributed by atoms with Crippen LogP contribution in [0.25, 0.3) is 0 Å². The minimum Gasteiger partial charge on any atom is -0.476 e. The summed E-state index contributed by atoms with van der Waals surface area (Å²) in [7, 11) is 0. The Balaban J connectivity index is 2.12. The molecule has 0 radical (unpaired) electrons. The van der Waals surface area contributed by atoms with E-state index in [0.717, 1.165) is 0 Å². The zero-order chi connectivity index (χ0) is 15.6. The number of halogens is 1. The monoisotopic (exact) mass is 369 g/mol. The largest absolute Gasteiger partial charge is 0.476 e. The number of rotatable bonds is 4. The van der Waals surface area contributed by atoms with Crippen LogP contribution in [-0.2, 0) is 0 Å². The predicted molar refractivity (Wildman–Crippen MR) is 83.5 cm³/mol. The topological polar surface area (TPSA) is 105 Å². The number of carboxylic acids is 1. The molecule has 0 saturated heterocycles. The van der Waals surface area contributed by atoms with Crippen molar-refractivity contribution in [2.45, 2.75) is 13.0 Å². The molecule has 1 unspecified atom stereocenters. The summed E-state index contributed by atoms with van der Waals surface area (Å²) in [4.78, 5) is 26.9. The summed E-state index contributed by atoms with van der Waals surface area (Å²) >= 11 is 4.46. The summed E-state index contributed by atoms with van der Waals surface area (Å²) < 4.78 is 0.711. The van der Waals surface area contributed by atoms with Crippen LogP contribution in [0.15, 0.2) is 28.1 Å². The number of benzene rings is 1. The summed E-state index contributed by atoms with van der Waals surface area (Å²) in [6.07, 6.45) is 0. The summed E-state index contributed by atoms with van der Waals surface area (Å²) in [5.74, 6) is -1.39. The maximum absolute atomic E-state index is 12.1. The van der Waals surface area contributed by atoms with E-state index in [1.54, 1.807) is 25.1 Å². The van der Waals surface area contributed by atoms with E-state index in [-0.39, 0.29) is 11.6 Å². The van der Waals surface area contributed by atoms with Gasteiger partial charge in [0.2, 0.25) is 0 Å². The first-order chi connectivity index (χ1) is 9.86. The lowest BCUT2D eigenvalue weighted by molar-refractivity contribution is 0.0691. The van der Waals surface area contributed by atoms with Gasteiger partial charge in [0.15, 0.2) is 5.69 Å². The fourth-order valence-corrected chi connectivity index (χ4v) is 2.98. The second-order valence-electron chi connectivity index (χ2n) is 4.34. The minimum absolute atomic E-state index is 0.0252. The van der Waals surface area contributed by atoms with E-state index < -0.39 is 12.0 Å². The third-order valence-electron chi connectivity index (χ3n) is 2.64. The zero-order valence-corrected chi connectivity index (χ0v) is 13.4. The predicted octanol–water partition coefficient (Wildman–Crippen LogP) is 2.68. The molecule has 1 atom stereocenters. The van der Waals surface area contributed by atoms with E-state index in [0.29, 0.717) is 20.7 Å². The number of hydrogen-bond acceptors (Lipinski definition) is 5. The number of nitrogens with one attached hydrogen (secondary N) is 1. The van der Waals surface area contributed by atoms with Gasteiger partial charge in [0, 0.05) is 21.1 Å². The molecule has 0 spiro atoms. The Morgan fingerprint density at radius 2 is 2.14 bits per heavy atom. The molecule has 2 aromatic rings. The number of thiazole rings is 1. The van der Waals surface area contributed by atoms with E-state index in [9.17, 15) is 9.59 Å². The minimum atomic E-state index is -1.09. The van der Waals surface area contributed by atoms with Crippen LogP contribution in [0, 0.1) is 0 Å². The number of amides is 1. The molecule has 4 N–H and O–H groups in total. The molecule has 1 amide bonds. The van der Waals surface area contributed by atoms with Crippen molar-refractivity contribution in [3.63, 3.8) is 0 Å². The van der Waals surface area contributed by atoms with Crippen LogP contribution < -0.4 is 11.1 Å². The normalized spacial score (nSPS) is 11.9. The highest BCUT2D eigenvalue weighted by molar-refractivity contribution is 9.10. The van der Waals surface area contributed by atoms with Gasteiger partial charge in [-0.1, -0.05) is 15.9 Å². The van der Waals surface area contributed by atoms with Crippen molar-refractivity contribution < 1.29 is 14.7 Å². The van der Waals surface area contributed by atoms with Gasteiger partial charge in [-0.25, -0.2) is 9.78 Å². The molecule has 6 nitrogen and oxygen atoms in total. The number of aromatic nitrogens is 1. The molecule has 1 aromatic carbocycles. The van der Waals surface area contributed by atoms with Crippen molar-refractivity contribution in [2.24, 2.45) is 0 Å². The number of aromatic carboxylic acids is 1. The van der Waals surface area contributed by atoms with Gasteiger partial charge >= 0.3 is 5.97 Å². The molecule has 21 heavy (non-hydrogen) atoms. The molecule has 0 fully saturated rings. The lowest BCUT2D eigenvalue weighted by Gasteiger charge is -2.11. The second-order valence-corrected chi connectivity index (χ2v) is 6.15. The Morgan fingerprint density at radius 3 is 2.71 bits per heavy atom. The highest BCUT2D eigenvalue weighted by atomic mass is 79.9. The van der Waals surface area contributed by atoms with Gasteiger partial charge in [-0.15, -0.1) is 11.3 Å². The van der Waals surface area contributed by atoms with Crippen LogP contribution in [0.4, 0.5) is 5.69 Å². The molecule has 0 bridgehead atoms. The van der Waals surface area contributed by atoms with Gasteiger partial charge in [-0.05, 0) is 25.1 Å². The third-order valence-corrected chi connectivity index (χ3v) is 4.13. The molecule has 110 valence electrons. The number of nitrogens with two attached hydrogens (primary N) is 1. The molecular weight excluding hydrogens is 358 g/mol. The average Bonchev–Trinajstić information content (AvgIpc) is 2.87. The number of carbonyl (C=O) groups excluding carboxylic acids is 1. The van der Waals surface area contributed by atoms with Crippen molar-refractivity contribution in [1.82, 2.24) is 10.3 Å². The molecule has 1 heterocycles. The number of carbonyl (C=O) groups is 2. The first-order valence-corrected chi connectivity index (χ1v) is 7.59. The van der Waals surface area contributed by atoms with Crippen molar-refractivity contribution >= 4 is 44.8 Å². The molecule has 0 saturated carbocycles. The van der Waals surface area contributed by atoms with Crippen LogP contribution in [0.2, 0.25) is 0 Å². The van der Waals surface area contributed by atoms with E-state index in [1.807, 2.05) is 0 Å². The lowest BCUT2D eigenvalue weighted by atomic mass is 10.2. The lowest BCUT2D eigenvalue weighted by Crippen LogP contribution is -2.26. The van der Waals surface area contributed by atoms with Crippen LogP contribution in [0.3, 0.4) is 0 Å². The Labute approximate surface area is 133 Å². The van der Waals surface area contributed by atoms with E-state index in [1.165, 1.54) is 16.7 Å². The quantitative estimate of drug-likeness (QED) is 0.718. The van der Waals surface area contributed by atoms with Crippen LogP contribution in [0.5, 0.6) is 0 Å². The fourth-order valence-electron chi connectivity index (χ4n) is 1.67. The van der Waals surface area contributed by atoms with Crippen molar-refractivity contribution in [2.75, 3.05) is 5.73 Å².